The second kappa shape index (κ2) is 9.63. The number of nitroso groups, excluding NO2 is 1. The van der Waals surface area contributed by atoms with Crippen LogP contribution in [-0.4, -0.2) is 16.7 Å². The van der Waals surface area contributed by atoms with E-state index in [4.69, 9.17) is 11.6 Å². The van der Waals surface area contributed by atoms with E-state index in [0.717, 1.165) is 16.7 Å². The summed E-state index contributed by atoms with van der Waals surface area (Å²) in [7, 11) is 0. The van der Waals surface area contributed by atoms with Crippen molar-refractivity contribution in [2.75, 3.05) is 0 Å². The van der Waals surface area contributed by atoms with Crippen LogP contribution in [0.3, 0.4) is 0 Å². The van der Waals surface area contributed by atoms with Crippen LogP contribution in [0, 0.1) is 4.91 Å². The number of hydrogen-bond acceptors (Lipinski definition) is 3. The van der Waals surface area contributed by atoms with E-state index in [1.165, 1.54) is 0 Å². The summed E-state index contributed by atoms with van der Waals surface area (Å²) in [5.41, 5.74) is 0.599. The second-order valence-electron chi connectivity index (χ2n) is 7.21. The lowest BCUT2D eigenvalue weighted by Gasteiger charge is -2.23. The summed E-state index contributed by atoms with van der Waals surface area (Å²) in [6, 6.07) is 22.2. The fourth-order valence-corrected chi connectivity index (χ4v) is 3.47. The number of alkyl halides is 1. The predicted molar refractivity (Wildman–Crippen MR) is 116 cm³/mol. The molecule has 0 radical (unpaired) electrons. The number of carboxylic acid groups (broad SMARTS) is 1. The number of rotatable bonds is 9. The number of halogens is 2. The molecule has 3 aromatic carbocycles. The van der Waals surface area contributed by atoms with Crippen molar-refractivity contribution in [3.63, 3.8) is 0 Å². The van der Waals surface area contributed by atoms with E-state index in [0.29, 0.717) is 10.6 Å². The molecule has 0 spiro atoms. The lowest BCUT2D eigenvalue weighted by molar-refractivity contribution is -0.152. The van der Waals surface area contributed by atoms with Gasteiger partial charge in [-0.15, -0.1) is 0 Å². The summed E-state index contributed by atoms with van der Waals surface area (Å²) in [6.07, 6.45) is -0.495. The maximum Gasteiger partial charge on any atom is 0.341 e. The van der Waals surface area contributed by atoms with E-state index in [-0.39, 0.29) is 12.8 Å². The molecular weight excluding hydrogens is 405 g/mol. The van der Waals surface area contributed by atoms with Crippen molar-refractivity contribution in [1.29, 1.82) is 0 Å². The van der Waals surface area contributed by atoms with Crippen LogP contribution in [-0.2, 0) is 11.2 Å². The van der Waals surface area contributed by atoms with Gasteiger partial charge in [0.15, 0.2) is 0 Å². The van der Waals surface area contributed by atoms with E-state index in [1.807, 2.05) is 42.5 Å². The molecule has 4 nitrogen and oxygen atoms in total. The minimum atomic E-state index is -2.55. The van der Waals surface area contributed by atoms with Crippen molar-refractivity contribution in [3.05, 3.63) is 99.9 Å². The summed E-state index contributed by atoms with van der Waals surface area (Å²) >= 11 is 5.91. The maximum absolute atomic E-state index is 15.3. The molecule has 2 atom stereocenters. The predicted octanol–water partition coefficient (Wildman–Crippen LogP) is 6.63. The van der Waals surface area contributed by atoms with E-state index in [2.05, 4.69) is 5.18 Å². The number of hydrogen-bond donors (Lipinski definition) is 1. The molecule has 0 aromatic heterocycles. The largest absolute Gasteiger partial charge is 0.479 e. The number of aryl methyl sites for hydroxylation is 1. The van der Waals surface area contributed by atoms with Crippen LogP contribution in [0.25, 0.3) is 11.1 Å². The Morgan fingerprint density at radius 1 is 0.967 bits per heavy atom. The first kappa shape index (κ1) is 21.7. The molecule has 0 saturated heterocycles. The summed E-state index contributed by atoms with van der Waals surface area (Å²) in [6.45, 7) is 0. The molecule has 6 heteroatoms. The van der Waals surface area contributed by atoms with Gasteiger partial charge in [-0.1, -0.05) is 83.5 Å². The van der Waals surface area contributed by atoms with Gasteiger partial charge in [-0.05, 0) is 47.2 Å². The summed E-state index contributed by atoms with van der Waals surface area (Å²) in [4.78, 5) is 23.1. The van der Waals surface area contributed by atoms with Gasteiger partial charge in [-0.25, -0.2) is 9.18 Å². The zero-order chi connectivity index (χ0) is 21.6. The first-order valence-corrected chi connectivity index (χ1v) is 9.94. The van der Waals surface area contributed by atoms with Crippen LogP contribution < -0.4 is 0 Å². The molecule has 3 aromatic rings. The van der Waals surface area contributed by atoms with Crippen molar-refractivity contribution >= 4 is 17.6 Å². The molecule has 3 rings (SSSR count). The van der Waals surface area contributed by atoms with Gasteiger partial charge in [0.1, 0.15) is 6.04 Å². The van der Waals surface area contributed by atoms with Crippen molar-refractivity contribution < 1.29 is 14.3 Å². The SMILES string of the molecule is O=NC(CC(F)(CCc1ccccc1)C(=O)O)c1ccc(-c2ccc(Cl)cc2)cc1. The Morgan fingerprint density at radius 3 is 2.07 bits per heavy atom. The number of nitrogens with zero attached hydrogens (tertiary/aromatic N) is 1. The summed E-state index contributed by atoms with van der Waals surface area (Å²) in [5, 5.41) is 13.1. The first-order chi connectivity index (χ1) is 14.4. The topological polar surface area (TPSA) is 66.7 Å². The van der Waals surface area contributed by atoms with Crippen LogP contribution in [0.15, 0.2) is 84.0 Å². The Morgan fingerprint density at radius 2 is 1.53 bits per heavy atom. The smallest absolute Gasteiger partial charge is 0.341 e. The molecule has 0 aliphatic carbocycles. The zero-order valence-electron chi connectivity index (χ0n) is 16.2. The maximum atomic E-state index is 15.3. The molecule has 0 heterocycles. The molecule has 154 valence electrons. The molecule has 2 unspecified atom stereocenters. The van der Waals surface area contributed by atoms with Crippen LogP contribution >= 0.6 is 11.6 Å². The van der Waals surface area contributed by atoms with Crippen molar-refractivity contribution in [1.82, 2.24) is 0 Å². The number of carboxylic acids is 1. The van der Waals surface area contributed by atoms with Crippen LogP contribution in [0.1, 0.15) is 30.0 Å². The average Bonchev–Trinajstić information content (AvgIpc) is 2.77. The number of benzene rings is 3. The van der Waals surface area contributed by atoms with Crippen molar-refractivity contribution in [2.24, 2.45) is 5.18 Å². The van der Waals surface area contributed by atoms with Crippen molar-refractivity contribution in [2.45, 2.75) is 31.0 Å². The number of carbonyl (C=O) groups is 1. The third-order valence-corrected chi connectivity index (χ3v) is 5.41. The lowest BCUT2D eigenvalue weighted by Crippen LogP contribution is -2.36. The fourth-order valence-electron chi connectivity index (χ4n) is 3.35. The first-order valence-electron chi connectivity index (χ1n) is 9.56. The molecular formula is C24H21ClFNO3. The van der Waals surface area contributed by atoms with E-state index in [1.54, 1.807) is 36.4 Å². The number of aliphatic carboxylic acids is 1. The van der Waals surface area contributed by atoms with Crippen molar-refractivity contribution in [3.8, 4) is 11.1 Å². The monoisotopic (exact) mass is 425 g/mol. The average molecular weight is 426 g/mol. The Kier molecular flexibility index (Phi) is 6.95. The normalized spacial score (nSPS) is 13.9. The summed E-state index contributed by atoms with van der Waals surface area (Å²) in [5.74, 6) is -1.58. The van der Waals surface area contributed by atoms with Gasteiger partial charge in [0, 0.05) is 11.4 Å². The highest BCUT2D eigenvalue weighted by Gasteiger charge is 2.41. The van der Waals surface area contributed by atoms with Gasteiger partial charge in [0.05, 0.1) is 0 Å². The van der Waals surface area contributed by atoms with Gasteiger partial charge < -0.3 is 5.11 Å². The lowest BCUT2D eigenvalue weighted by atomic mass is 9.87. The van der Waals surface area contributed by atoms with Crippen LogP contribution in [0.5, 0.6) is 0 Å². The molecule has 0 aliphatic heterocycles. The van der Waals surface area contributed by atoms with E-state index >= 15 is 4.39 Å². The van der Waals surface area contributed by atoms with Gasteiger partial charge >= 0.3 is 5.97 Å². The van der Waals surface area contributed by atoms with E-state index < -0.39 is 24.1 Å². The van der Waals surface area contributed by atoms with E-state index in [9.17, 15) is 14.8 Å². The molecule has 0 fully saturated rings. The van der Waals surface area contributed by atoms with Gasteiger partial charge in [-0.3, -0.25) is 0 Å². The van der Waals surface area contributed by atoms with Gasteiger partial charge in [0.25, 0.3) is 0 Å². The Hall–Kier alpha value is -3.05. The Bertz CT molecular complexity index is 993. The highest BCUT2D eigenvalue weighted by molar-refractivity contribution is 6.30. The third kappa shape index (κ3) is 5.30. The standard InChI is InChI=1S/C24H21ClFNO3/c25-21-12-10-19(11-13-21)18-6-8-20(9-7-18)22(27-30)16-24(26,23(28)29)15-14-17-4-2-1-3-5-17/h1-13,22H,14-16H2,(H,28,29). The molecule has 0 saturated carbocycles. The molecule has 30 heavy (non-hydrogen) atoms. The van der Waals surface area contributed by atoms with Gasteiger partial charge in [0.2, 0.25) is 5.67 Å². The van der Waals surface area contributed by atoms with Crippen LogP contribution in [0.2, 0.25) is 5.02 Å². The minimum absolute atomic E-state index is 0.235. The zero-order valence-corrected chi connectivity index (χ0v) is 16.9. The molecule has 0 amide bonds. The quantitative estimate of drug-likeness (QED) is 0.391. The molecule has 1 N–H and O–H groups in total. The van der Waals surface area contributed by atoms with Crippen LogP contribution in [0.4, 0.5) is 4.39 Å². The molecule has 0 aliphatic rings. The molecule has 0 bridgehead atoms. The van der Waals surface area contributed by atoms with Gasteiger partial charge in [-0.2, -0.15) is 4.91 Å². The Balaban J connectivity index is 1.75. The fraction of sp³-hybridized carbons (Fsp3) is 0.208. The Labute approximate surface area is 179 Å². The third-order valence-electron chi connectivity index (χ3n) is 5.15. The summed E-state index contributed by atoms with van der Waals surface area (Å²) < 4.78 is 15.3. The second-order valence-corrected chi connectivity index (χ2v) is 7.65. The highest BCUT2D eigenvalue weighted by Crippen LogP contribution is 2.34. The minimum Gasteiger partial charge on any atom is -0.479 e. The highest BCUT2D eigenvalue weighted by atomic mass is 35.5.